The van der Waals surface area contributed by atoms with Crippen LogP contribution in [0, 0.1) is 0 Å². The molecule has 0 bridgehead atoms. The molecule has 9 nitrogen and oxygen atoms in total. The van der Waals surface area contributed by atoms with Crippen molar-refractivity contribution in [2.75, 3.05) is 32.0 Å². The molecule has 2 aromatic rings. The standard InChI is InChI=1S/C20H25ClN4O5S/c1-4-25(5-2)31(28,29)16-10-11-18(30-15-8-6-14(21)7-9-15)17(12-16)23-13-19(26)24-20(27)22-3/h6-12,23H,4-5,13H2,1-3H3,(H2,22,24,26,27). The minimum absolute atomic E-state index is 0.0499. The number of carbonyl (C=O) groups is 2. The second-order valence-corrected chi connectivity index (χ2v) is 8.66. The van der Waals surface area contributed by atoms with Crippen molar-refractivity contribution in [3.05, 3.63) is 47.5 Å². The number of carbonyl (C=O) groups excluding carboxylic acids is 2. The summed E-state index contributed by atoms with van der Waals surface area (Å²) >= 11 is 5.90. The lowest BCUT2D eigenvalue weighted by Gasteiger charge is -2.20. The van der Waals surface area contributed by atoms with E-state index >= 15 is 0 Å². The normalized spacial score (nSPS) is 11.1. The SMILES string of the molecule is CCN(CC)S(=O)(=O)c1ccc(Oc2ccc(Cl)cc2)c(NCC(=O)NC(=O)NC)c1. The van der Waals surface area contributed by atoms with Crippen molar-refractivity contribution in [3.8, 4) is 11.5 Å². The van der Waals surface area contributed by atoms with Gasteiger partial charge < -0.3 is 15.4 Å². The molecule has 0 aromatic heterocycles. The van der Waals surface area contributed by atoms with Gasteiger partial charge in [-0.15, -0.1) is 0 Å². The zero-order chi connectivity index (χ0) is 23.0. The first-order chi connectivity index (χ1) is 14.7. The fraction of sp³-hybridized carbons (Fsp3) is 0.300. The van der Waals surface area contributed by atoms with Crippen LogP contribution in [-0.2, 0) is 14.8 Å². The van der Waals surface area contributed by atoms with E-state index in [9.17, 15) is 18.0 Å². The number of sulfonamides is 1. The summed E-state index contributed by atoms with van der Waals surface area (Å²) in [6.45, 7) is 3.86. The summed E-state index contributed by atoms with van der Waals surface area (Å²) in [5.74, 6) is 0.170. The molecule has 168 valence electrons. The number of anilines is 1. The Kier molecular flexibility index (Phi) is 8.66. The molecular weight excluding hydrogens is 444 g/mol. The van der Waals surface area contributed by atoms with E-state index < -0.39 is 22.0 Å². The van der Waals surface area contributed by atoms with Crippen molar-refractivity contribution in [2.24, 2.45) is 0 Å². The number of nitrogens with one attached hydrogen (secondary N) is 3. The molecular formula is C20H25ClN4O5S. The fourth-order valence-corrected chi connectivity index (χ4v) is 4.26. The van der Waals surface area contributed by atoms with E-state index in [2.05, 4.69) is 16.0 Å². The van der Waals surface area contributed by atoms with Crippen LogP contribution in [0.4, 0.5) is 10.5 Å². The molecule has 0 spiro atoms. The molecule has 0 fully saturated rings. The van der Waals surface area contributed by atoms with E-state index in [-0.39, 0.29) is 17.1 Å². The van der Waals surface area contributed by atoms with Gasteiger partial charge in [-0.25, -0.2) is 13.2 Å². The molecule has 0 radical (unpaired) electrons. The van der Waals surface area contributed by atoms with Crippen molar-refractivity contribution in [1.29, 1.82) is 0 Å². The number of hydrogen-bond acceptors (Lipinski definition) is 6. The van der Waals surface area contributed by atoms with E-state index in [4.69, 9.17) is 16.3 Å². The number of ether oxygens (including phenoxy) is 1. The van der Waals surface area contributed by atoms with Gasteiger partial charge in [0.1, 0.15) is 5.75 Å². The number of amides is 3. The number of nitrogens with zero attached hydrogens (tertiary/aromatic N) is 1. The molecule has 3 amide bonds. The molecule has 3 N–H and O–H groups in total. The molecule has 0 aliphatic carbocycles. The Morgan fingerprint density at radius 2 is 1.71 bits per heavy atom. The predicted molar refractivity (Wildman–Crippen MR) is 119 cm³/mol. The van der Waals surface area contributed by atoms with Crippen LogP contribution in [0.5, 0.6) is 11.5 Å². The van der Waals surface area contributed by atoms with Crippen molar-refractivity contribution >= 4 is 39.2 Å². The molecule has 2 aromatic carbocycles. The van der Waals surface area contributed by atoms with Crippen molar-refractivity contribution in [3.63, 3.8) is 0 Å². The summed E-state index contributed by atoms with van der Waals surface area (Å²) < 4.78 is 32.9. The summed E-state index contributed by atoms with van der Waals surface area (Å²) in [5.41, 5.74) is 0.273. The van der Waals surface area contributed by atoms with E-state index in [0.717, 1.165) is 0 Å². The summed E-state index contributed by atoms with van der Waals surface area (Å²) in [5, 5.41) is 7.78. The Hall–Kier alpha value is -2.82. The Morgan fingerprint density at radius 3 is 2.29 bits per heavy atom. The number of rotatable bonds is 9. The maximum absolute atomic E-state index is 12.9. The van der Waals surface area contributed by atoms with Crippen LogP contribution >= 0.6 is 11.6 Å². The van der Waals surface area contributed by atoms with Gasteiger partial charge in [0, 0.05) is 25.2 Å². The highest BCUT2D eigenvalue weighted by molar-refractivity contribution is 7.89. The van der Waals surface area contributed by atoms with E-state index in [1.807, 2.05) is 0 Å². The molecule has 0 atom stereocenters. The van der Waals surface area contributed by atoms with Crippen LogP contribution in [0.15, 0.2) is 47.4 Å². The average molecular weight is 469 g/mol. The molecule has 0 saturated heterocycles. The van der Waals surface area contributed by atoms with Gasteiger partial charge in [0.15, 0.2) is 5.75 Å². The third-order valence-corrected chi connectivity index (χ3v) is 6.55. The molecule has 0 aliphatic rings. The van der Waals surface area contributed by atoms with E-state index in [0.29, 0.717) is 29.6 Å². The maximum Gasteiger partial charge on any atom is 0.321 e. The first kappa shape index (κ1) is 24.4. The minimum atomic E-state index is -3.72. The quantitative estimate of drug-likeness (QED) is 0.520. The van der Waals surface area contributed by atoms with Crippen LogP contribution in [0.2, 0.25) is 5.02 Å². The molecule has 11 heteroatoms. The number of hydrogen-bond donors (Lipinski definition) is 3. The minimum Gasteiger partial charge on any atom is -0.455 e. The Balaban J connectivity index is 2.36. The van der Waals surface area contributed by atoms with Crippen LogP contribution in [0.25, 0.3) is 0 Å². The largest absolute Gasteiger partial charge is 0.455 e. The van der Waals surface area contributed by atoms with Crippen LogP contribution in [0.1, 0.15) is 13.8 Å². The van der Waals surface area contributed by atoms with E-state index in [1.165, 1.54) is 29.6 Å². The Bertz CT molecular complexity index is 1020. The van der Waals surface area contributed by atoms with Gasteiger partial charge in [-0.2, -0.15) is 4.31 Å². The van der Waals surface area contributed by atoms with Gasteiger partial charge in [0.05, 0.1) is 17.1 Å². The number of benzene rings is 2. The smallest absolute Gasteiger partial charge is 0.321 e. The lowest BCUT2D eigenvalue weighted by molar-refractivity contribution is -0.118. The summed E-state index contributed by atoms with van der Waals surface area (Å²) in [6.07, 6.45) is 0. The highest BCUT2D eigenvalue weighted by Crippen LogP contribution is 2.33. The van der Waals surface area contributed by atoms with Gasteiger partial charge in [0.25, 0.3) is 0 Å². The molecule has 0 unspecified atom stereocenters. The average Bonchev–Trinajstić information content (AvgIpc) is 2.75. The third-order valence-electron chi connectivity index (χ3n) is 4.26. The molecule has 0 aliphatic heterocycles. The zero-order valence-corrected chi connectivity index (χ0v) is 19.0. The lowest BCUT2D eigenvalue weighted by atomic mass is 10.2. The first-order valence-corrected chi connectivity index (χ1v) is 11.4. The summed E-state index contributed by atoms with van der Waals surface area (Å²) in [4.78, 5) is 23.3. The van der Waals surface area contributed by atoms with Crippen LogP contribution in [-0.4, -0.2) is 51.3 Å². The van der Waals surface area contributed by atoms with Gasteiger partial charge >= 0.3 is 6.03 Å². The number of halogens is 1. The lowest BCUT2D eigenvalue weighted by Crippen LogP contribution is -2.40. The molecule has 0 saturated carbocycles. The van der Waals surface area contributed by atoms with Crippen LogP contribution in [0.3, 0.4) is 0 Å². The zero-order valence-electron chi connectivity index (χ0n) is 17.4. The first-order valence-electron chi connectivity index (χ1n) is 9.54. The molecule has 2 rings (SSSR count). The van der Waals surface area contributed by atoms with Crippen molar-refractivity contribution in [2.45, 2.75) is 18.7 Å². The van der Waals surface area contributed by atoms with Crippen molar-refractivity contribution in [1.82, 2.24) is 14.9 Å². The second kappa shape index (κ2) is 11.0. The highest BCUT2D eigenvalue weighted by Gasteiger charge is 2.23. The third kappa shape index (κ3) is 6.58. The summed E-state index contributed by atoms with van der Waals surface area (Å²) in [6, 6.07) is 10.3. The van der Waals surface area contributed by atoms with Gasteiger partial charge in [-0.1, -0.05) is 25.4 Å². The Morgan fingerprint density at radius 1 is 1.06 bits per heavy atom. The topological polar surface area (TPSA) is 117 Å². The molecule has 31 heavy (non-hydrogen) atoms. The second-order valence-electron chi connectivity index (χ2n) is 6.28. The summed E-state index contributed by atoms with van der Waals surface area (Å²) in [7, 11) is -2.34. The van der Waals surface area contributed by atoms with Crippen molar-refractivity contribution < 1.29 is 22.7 Å². The van der Waals surface area contributed by atoms with Crippen LogP contribution < -0.4 is 20.7 Å². The van der Waals surface area contributed by atoms with Gasteiger partial charge in [-0.05, 0) is 42.5 Å². The van der Waals surface area contributed by atoms with Gasteiger partial charge in [0.2, 0.25) is 15.9 Å². The Labute approximate surface area is 186 Å². The predicted octanol–water partition coefficient (Wildman–Crippen LogP) is 3.03. The number of imide groups is 1. The number of urea groups is 1. The molecule has 0 heterocycles. The maximum atomic E-state index is 12.9. The van der Waals surface area contributed by atoms with E-state index in [1.54, 1.807) is 38.1 Å². The highest BCUT2D eigenvalue weighted by atomic mass is 35.5. The van der Waals surface area contributed by atoms with Gasteiger partial charge in [-0.3, -0.25) is 10.1 Å². The fourth-order valence-electron chi connectivity index (χ4n) is 2.65. The monoisotopic (exact) mass is 468 g/mol.